The average Bonchev–Trinajstić information content (AvgIpc) is 3.20. The third kappa shape index (κ3) is 2.85. The van der Waals surface area contributed by atoms with E-state index in [-0.39, 0.29) is 5.91 Å². The van der Waals surface area contributed by atoms with Gasteiger partial charge in [0.25, 0.3) is 5.91 Å². The number of hydrogen-bond donors (Lipinski definition) is 0. The molecule has 0 atom stereocenters. The van der Waals surface area contributed by atoms with Gasteiger partial charge in [0.2, 0.25) is 0 Å². The topological polar surface area (TPSA) is 43.7 Å². The molecule has 5 nitrogen and oxygen atoms in total. The highest BCUT2D eigenvalue weighted by atomic mass is 16.7. The lowest BCUT2D eigenvalue weighted by molar-refractivity contribution is -0.181. The molecule has 1 amide bonds. The molecule has 26 heavy (non-hydrogen) atoms. The number of likely N-dealkylation sites (tertiary alicyclic amines) is 1. The number of piperidine rings is 1. The Morgan fingerprint density at radius 1 is 1.04 bits per heavy atom. The standard InChI is InChI=1S/C21H26N2O3/c1-15-6-4-5-7-19(15)23-16(2)14-18(17(23)3)20(24)22-10-8-21(9-11-22)25-12-13-26-21/h4-7,14H,8-13H2,1-3H3. The van der Waals surface area contributed by atoms with E-state index in [0.717, 1.165) is 35.5 Å². The number of carbonyl (C=O) groups is 1. The molecule has 3 heterocycles. The van der Waals surface area contributed by atoms with Crippen LogP contribution >= 0.6 is 0 Å². The summed E-state index contributed by atoms with van der Waals surface area (Å²) in [6.45, 7) is 8.85. The van der Waals surface area contributed by atoms with Gasteiger partial charge in [-0.25, -0.2) is 0 Å². The summed E-state index contributed by atoms with van der Waals surface area (Å²) < 4.78 is 13.7. The first-order valence-corrected chi connectivity index (χ1v) is 9.33. The van der Waals surface area contributed by atoms with E-state index in [9.17, 15) is 4.79 Å². The minimum absolute atomic E-state index is 0.103. The van der Waals surface area contributed by atoms with Gasteiger partial charge in [-0.2, -0.15) is 0 Å². The fraction of sp³-hybridized carbons (Fsp3) is 0.476. The van der Waals surface area contributed by atoms with Crippen LogP contribution in [0.4, 0.5) is 0 Å². The van der Waals surface area contributed by atoms with E-state index in [1.54, 1.807) is 0 Å². The van der Waals surface area contributed by atoms with Gasteiger partial charge in [0.1, 0.15) is 0 Å². The minimum atomic E-state index is -0.450. The quantitative estimate of drug-likeness (QED) is 0.830. The Bertz CT molecular complexity index is 824. The summed E-state index contributed by atoms with van der Waals surface area (Å²) in [6.07, 6.45) is 1.49. The maximum atomic E-state index is 13.1. The van der Waals surface area contributed by atoms with Crippen LogP contribution in [-0.4, -0.2) is 47.5 Å². The van der Waals surface area contributed by atoms with Crippen molar-refractivity contribution >= 4 is 5.91 Å². The van der Waals surface area contributed by atoms with Gasteiger partial charge in [0.05, 0.1) is 18.8 Å². The maximum Gasteiger partial charge on any atom is 0.255 e. The summed E-state index contributed by atoms with van der Waals surface area (Å²) in [5.41, 5.74) is 5.19. The number of nitrogens with zero attached hydrogens (tertiary/aromatic N) is 2. The van der Waals surface area contributed by atoms with Gasteiger partial charge in [0, 0.05) is 43.0 Å². The Hall–Kier alpha value is -2.11. The Kier molecular flexibility index (Phi) is 4.37. The van der Waals surface area contributed by atoms with Crippen LogP contribution in [0.25, 0.3) is 5.69 Å². The van der Waals surface area contributed by atoms with E-state index >= 15 is 0 Å². The maximum absolute atomic E-state index is 13.1. The van der Waals surface area contributed by atoms with Crippen molar-refractivity contribution in [1.82, 2.24) is 9.47 Å². The molecule has 4 rings (SSSR count). The van der Waals surface area contributed by atoms with Crippen molar-refractivity contribution in [3.05, 3.63) is 52.8 Å². The predicted molar refractivity (Wildman–Crippen MR) is 99.8 cm³/mol. The molecular weight excluding hydrogens is 328 g/mol. The molecule has 1 aromatic carbocycles. The monoisotopic (exact) mass is 354 g/mol. The molecule has 0 unspecified atom stereocenters. The first-order chi connectivity index (χ1) is 12.5. The van der Waals surface area contributed by atoms with E-state index in [1.807, 2.05) is 30.0 Å². The molecule has 138 valence electrons. The van der Waals surface area contributed by atoms with Crippen molar-refractivity contribution in [3.63, 3.8) is 0 Å². The van der Waals surface area contributed by atoms with Crippen molar-refractivity contribution in [3.8, 4) is 5.69 Å². The van der Waals surface area contributed by atoms with Crippen molar-refractivity contribution in [2.45, 2.75) is 39.4 Å². The van der Waals surface area contributed by atoms with Gasteiger partial charge < -0.3 is 18.9 Å². The number of carbonyl (C=O) groups excluding carboxylic acids is 1. The number of hydrogen-bond acceptors (Lipinski definition) is 3. The first-order valence-electron chi connectivity index (χ1n) is 9.33. The van der Waals surface area contributed by atoms with Crippen LogP contribution in [0.2, 0.25) is 0 Å². The molecule has 2 aromatic rings. The Balaban J connectivity index is 1.58. The Morgan fingerprint density at radius 3 is 2.35 bits per heavy atom. The predicted octanol–water partition coefficient (Wildman–Crippen LogP) is 3.38. The second kappa shape index (κ2) is 6.56. The van der Waals surface area contributed by atoms with Crippen LogP contribution in [0.5, 0.6) is 0 Å². The van der Waals surface area contributed by atoms with Crippen LogP contribution < -0.4 is 0 Å². The van der Waals surface area contributed by atoms with Crippen LogP contribution in [0, 0.1) is 20.8 Å². The molecule has 1 aromatic heterocycles. The van der Waals surface area contributed by atoms with E-state index < -0.39 is 5.79 Å². The number of aromatic nitrogens is 1. The highest BCUT2D eigenvalue weighted by molar-refractivity contribution is 5.96. The fourth-order valence-corrected chi connectivity index (χ4v) is 4.17. The SMILES string of the molecule is Cc1ccccc1-n1c(C)cc(C(=O)N2CCC3(CC2)OCCO3)c1C. The Labute approximate surface area is 154 Å². The lowest BCUT2D eigenvalue weighted by Gasteiger charge is -2.37. The fourth-order valence-electron chi connectivity index (χ4n) is 4.17. The van der Waals surface area contributed by atoms with Crippen LogP contribution in [-0.2, 0) is 9.47 Å². The zero-order chi connectivity index (χ0) is 18.3. The third-order valence-corrected chi connectivity index (χ3v) is 5.64. The van der Waals surface area contributed by atoms with Gasteiger partial charge in [0.15, 0.2) is 5.79 Å². The number of ether oxygens (including phenoxy) is 2. The second-order valence-corrected chi connectivity index (χ2v) is 7.31. The van der Waals surface area contributed by atoms with E-state index in [0.29, 0.717) is 26.3 Å². The van der Waals surface area contributed by atoms with Crippen molar-refractivity contribution in [2.75, 3.05) is 26.3 Å². The Morgan fingerprint density at radius 2 is 1.69 bits per heavy atom. The molecule has 0 radical (unpaired) electrons. The molecule has 2 aliphatic rings. The number of aryl methyl sites for hydroxylation is 2. The highest BCUT2D eigenvalue weighted by Crippen LogP contribution is 2.32. The average molecular weight is 354 g/mol. The minimum Gasteiger partial charge on any atom is -0.347 e. The number of amides is 1. The zero-order valence-corrected chi connectivity index (χ0v) is 15.7. The molecular formula is C21H26N2O3. The number of benzene rings is 1. The van der Waals surface area contributed by atoms with Crippen LogP contribution in [0.15, 0.2) is 30.3 Å². The number of para-hydroxylation sites is 1. The van der Waals surface area contributed by atoms with Crippen LogP contribution in [0.3, 0.4) is 0 Å². The van der Waals surface area contributed by atoms with Gasteiger partial charge in [-0.05, 0) is 38.5 Å². The summed E-state index contributed by atoms with van der Waals surface area (Å²) in [7, 11) is 0. The van der Waals surface area contributed by atoms with Crippen LogP contribution in [0.1, 0.15) is 40.2 Å². The summed E-state index contributed by atoms with van der Waals surface area (Å²) in [6, 6.07) is 10.3. The molecule has 0 bridgehead atoms. The summed E-state index contributed by atoms with van der Waals surface area (Å²) in [5, 5.41) is 0. The molecule has 0 N–H and O–H groups in total. The molecule has 0 saturated carbocycles. The summed E-state index contributed by atoms with van der Waals surface area (Å²) in [5.74, 6) is -0.347. The second-order valence-electron chi connectivity index (χ2n) is 7.31. The van der Waals surface area contributed by atoms with E-state index in [1.165, 1.54) is 5.56 Å². The van der Waals surface area contributed by atoms with Crippen molar-refractivity contribution < 1.29 is 14.3 Å². The van der Waals surface area contributed by atoms with Gasteiger partial charge in [-0.3, -0.25) is 4.79 Å². The van der Waals surface area contributed by atoms with E-state index in [2.05, 4.69) is 30.5 Å². The summed E-state index contributed by atoms with van der Waals surface area (Å²) in [4.78, 5) is 15.1. The van der Waals surface area contributed by atoms with Crippen molar-refractivity contribution in [1.29, 1.82) is 0 Å². The largest absolute Gasteiger partial charge is 0.347 e. The van der Waals surface area contributed by atoms with Gasteiger partial charge in [-0.15, -0.1) is 0 Å². The van der Waals surface area contributed by atoms with E-state index in [4.69, 9.17) is 9.47 Å². The zero-order valence-electron chi connectivity index (χ0n) is 15.7. The molecule has 2 saturated heterocycles. The molecule has 2 fully saturated rings. The first kappa shape index (κ1) is 17.3. The lowest BCUT2D eigenvalue weighted by atomic mass is 10.0. The molecule has 0 aliphatic carbocycles. The lowest BCUT2D eigenvalue weighted by Crippen LogP contribution is -2.47. The number of rotatable bonds is 2. The molecule has 2 aliphatic heterocycles. The van der Waals surface area contributed by atoms with Gasteiger partial charge >= 0.3 is 0 Å². The third-order valence-electron chi connectivity index (χ3n) is 5.64. The summed E-state index contributed by atoms with van der Waals surface area (Å²) >= 11 is 0. The molecule has 1 spiro atoms. The highest BCUT2D eigenvalue weighted by Gasteiger charge is 2.41. The normalized spacial score (nSPS) is 19.3. The smallest absolute Gasteiger partial charge is 0.255 e. The molecule has 5 heteroatoms. The van der Waals surface area contributed by atoms with Gasteiger partial charge in [-0.1, -0.05) is 18.2 Å². The van der Waals surface area contributed by atoms with Crippen molar-refractivity contribution in [2.24, 2.45) is 0 Å².